The summed E-state index contributed by atoms with van der Waals surface area (Å²) in [6.07, 6.45) is -8.24. The molecular formula is C26H28F6N2O2. The molecule has 1 aliphatic heterocycles. The number of carbonyl (C=O) groups is 1. The van der Waals surface area contributed by atoms with Crippen molar-refractivity contribution in [1.29, 1.82) is 0 Å². The van der Waals surface area contributed by atoms with Crippen LogP contribution in [0.1, 0.15) is 67.0 Å². The monoisotopic (exact) mass is 514 g/mol. The number of hydrogen-bond donors (Lipinski definition) is 1. The Kier molecular flexibility index (Phi) is 7.02. The Labute approximate surface area is 205 Å². The van der Waals surface area contributed by atoms with E-state index >= 15 is 0 Å². The van der Waals surface area contributed by atoms with Gasteiger partial charge in [0.1, 0.15) is 0 Å². The SMILES string of the molecule is Cc1ccc2c(c1)[C@@H](NCc1cc(C(F)(F)F)cc(C(F)(F)F)c1)C[C@@H](C1CC1)N2C(=O)OC(C)C. The van der Waals surface area contributed by atoms with Crippen LogP contribution in [-0.2, 0) is 23.6 Å². The van der Waals surface area contributed by atoms with Crippen LogP contribution in [0.4, 0.5) is 36.8 Å². The van der Waals surface area contributed by atoms with Gasteiger partial charge in [0.25, 0.3) is 0 Å². The molecule has 4 nitrogen and oxygen atoms in total. The quantitative estimate of drug-likeness (QED) is 0.423. The van der Waals surface area contributed by atoms with Crippen LogP contribution >= 0.6 is 0 Å². The number of aryl methyl sites for hydroxylation is 1. The summed E-state index contributed by atoms with van der Waals surface area (Å²) in [5.74, 6) is 0.258. The molecule has 0 aromatic heterocycles. The van der Waals surface area contributed by atoms with Crippen molar-refractivity contribution in [3.8, 4) is 0 Å². The fourth-order valence-corrected chi connectivity index (χ4v) is 4.76. The molecule has 2 aliphatic rings. The molecule has 0 unspecified atom stereocenters. The van der Waals surface area contributed by atoms with Crippen LogP contribution in [0, 0.1) is 12.8 Å². The molecule has 36 heavy (non-hydrogen) atoms. The van der Waals surface area contributed by atoms with Crippen LogP contribution in [0.3, 0.4) is 0 Å². The van der Waals surface area contributed by atoms with Crippen molar-refractivity contribution in [3.05, 3.63) is 64.2 Å². The summed E-state index contributed by atoms with van der Waals surface area (Å²) in [5.41, 5.74) is -0.473. The molecule has 1 saturated carbocycles. The number of carbonyl (C=O) groups excluding carboxylic acids is 1. The molecule has 1 fully saturated rings. The lowest BCUT2D eigenvalue weighted by Gasteiger charge is -2.41. The Hall–Kier alpha value is -2.75. The molecule has 1 amide bonds. The number of halogens is 6. The summed E-state index contributed by atoms with van der Waals surface area (Å²) in [5, 5.41) is 3.18. The minimum Gasteiger partial charge on any atom is -0.446 e. The maximum Gasteiger partial charge on any atom is 0.416 e. The largest absolute Gasteiger partial charge is 0.446 e. The van der Waals surface area contributed by atoms with Crippen LogP contribution < -0.4 is 10.2 Å². The zero-order valence-electron chi connectivity index (χ0n) is 20.1. The maximum absolute atomic E-state index is 13.3. The van der Waals surface area contributed by atoms with Gasteiger partial charge in [0.15, 0.2) is 0 Å². The molecule has 1 aliphatic carbocycles. The number of hydrogen-bond acceptors (Lipinski definition) is 3. The van der Waals surface area contributed by atoms with E-state index < -0.39 is 29.6 Å². The average molecular weight is 515 g/mol. The smallest absolute Gasteiger partial charge is 0.416 e. The van der Waals surface area contributed by atoms with Gasteiger partial charge in [0.05, 0.1) is 22.9 Å². The first-order chi connectivity index (χ1) is 16.7. The zero-order chi connectivity index (χ0) is 26.4. The van der Waals surface area contributed by atoms with Gasteiger partial charge in [0, 0.05) is 18.6 Å². The molecule has 1 heterocycles. The van der Waals surface area contributed by atoms with E-state index in [-0.39, 0.29) is 42.3 Å². The van der Waals surface area contributed by atoms with Gasteiger partial charge in [-0.25, -0.2) is 4.79 Å². The lowest BCUT2D eigenvalue weighted by Crippen LogP contribution is -2.48. The van der Waals surface area contributed by atoms with Crippen LogP contribution in [0.2, 0.25) is 0 Å². The molecule has 4 rings (SSSR count). The third-order valence-corrected chi connectivity index (χ3v) is 6.53. The van der Waals surface area contributed by atoms with E-state index in [4.69, 9.17) is 4.74 Å². The molecule has 2 atom stereocenters. The van der Waals surface area contributed by atoms with Gasteiger partial charge in [0.2, 0.25) is 0 Å². The van der Waals surface area contributed by atoms with Gasteiger partial charge < -0.3 is 10.1 Å². The van der Waals surface area contributed by atoms with Crippen molar-refractivity contribution in [3.63, 3.8) is 0 Å². The summed E-state index contributed by atoms with van der Waals surface area (Å²) < 4.78 is 85.2. The summed E-state index contributed by atoms with van der Waals surface area (Å²) in [6, 6.07) is 6.64. The highest BCUT2D eigenvalue weighted by Gasteiger charge is 2.45. The van der Waals surface area contributed by atoms with E-state index in [0.717, 1.165) is 36.1 Å². The number of ether oxygens (including phenoxy) is 1. The molecule has 0 spiro atoms. The summed E-state index contributed by atoms with van der Waals surface area (Å²) in [4.78, 5) is 14.7. The molecule has 1 N–H and O–H groups in total. The number of amides is 1. The first-order valence-corrected chi connectivity index (χ1v) is 11.9. The summed E-state index contributed by atoms with van der Waals surface area (Å²) in [7, 11) is 0. The molecule has 196 valence electrons. The predicted octanol–water partition coefficient (Wildman–Crippen LogP) is 7.40. The van der Waals surface area contributed by atoms with E-state index in [9.17, 15) is 31.1 Å². The third kappa shape index (κ3) is 5.79. The minimum atomic E-state index is -4.90. The van der Waals surface area contributed by atoms with Gasteiger partial charge in [-0.1, -0.05) is 17.7 Å². The number of anilines is 1. The number of rotatable bonds is 5. The van der Waals surface area contributed by atoms with E-state index in [1.165, 1.54) is 0 Å². The van der Waals surface area contributed by atoms with E-state index in [2.05, 4.69) is 5.32 Å². The molecule has 2 aromatic carbocycles. The van der Waals surface area contributed by atoms with Crippen molar-refractivity contribution in [2.75, 3.05) is 4.90 Å². The maximum atomic E-state index is 13.3. The van der Waals surface area contributed by atoms with Crippen LogP contribution in [0.25, 0.3) is 0 Å². The Morgan fingerprint density at radius 1 is 1.03 bits per heavy atom. The highest BCUT2D eigenvalue weighted by molar-refractivity contribution is 5.90. The second kappa shape index (κ2) is 9.61. The Balaban J connectivity index is 1.66. The standard InChI is InChI=1S/C26H28F6N2O2/c1-14(2)36-24(35)34-22-7-4-15(3)8-20(22)21(12-23(34)17-5-6-17)33-13-16-9-18(25(27,28)29)11-19(10-16)26(30,31)32/h4,7-11,14,17,21,23,33H,5-6,12-13H2,1-3H3/t21-,23-/m0/s1. The van der Waals surface area contributed by atoms with Crippen LogP contribution in [0.5, 0.6) is 0 Å². The predicted molar refractivity (Wildman–Crippen MR) is 122 cm³/mol. The fourth-order valence-electron chi connectivity index (χ4n) is 4.76. The number of alkyl halides is 6. The Morgan fingerprint density at radius 3 is 2.17 bits per heavy atom. The topological polar surface area (TPSA) is 41.6 Å². The lowest BCUT2D eigenvalue weighted by molar-refractivity contribution is -0.143. The first-order valence-electron chi connectivity index (χ1n) is 11.9. The fraction of sp³-hybridized carbons (Fsp3) is 0.500. The summed E-state index contributed by atoms with van der Waals surface area (Å²) >= 11 is 0. The zero-order valence-corrected chi connectivity index (χ0v) is 20.1. The highest BCUT2D eigenvalue weighted by atomic mass is 19.4. The van der Waals surface area contributed by atoms with E-state index in [1.807, 2.05) is 25.1 Å². The van der Waals surface area contributed by atoms with Crippen LogP contribution in [0.15, 0.2) is 36.4 Å². The molecule has 0 bridgehead atoms. The second-order valence-electron chi connectivity index (χ2n) is 9.85. The van der Waals surface area contributed by atoms with Gasteiger partial charge in [-0.3, -0.25) is 4.90 Å². The molecule has 10 heteroatoms. The highest BCUT2D eigenvalue weighted by Crippen LogP contribution is 2.47. The van der Waals surface area contributed by atoms with Crippen molar-refractivity contribution in [2.45, 2.75) is 77.1 Å². The van der Waals surface area contributed by atoms with E-state index in [1.54, 1.807) is 18.7 Å². The number of fused-ring (bicyclic) bond motifs is 1. The first kappa shape index (κ1) is 26.3. The Bertz CT molecular complexity index is 1090. The Morgan fingerprint density at radius 2 is 1.64 bits per heavy atom. The summed E-state index contributed by atoms with van der Waals surface area (Å²) in [6.45, 7) is 5.21. The lowest BCUT2D eigenvalue weighted by atomic mass is 9.88. The average Bonchev–Trinajstić information content (AvgIpc) is 3.60. The second-order valence-corrected chi connectivity index (χ2v) is 9.85. The number of nitrogens with one attached hydrogen (secondary N) is 1. The van der Waals surface area contributed by atoms with Crippen molar-refractivity contribution in [1.82, 2.24) is 5.32 Å². The van der Waals surface area contributed by atoms with Gasteiger partial charge in [-0.2, -0.15) is 26.3 Å². The van der Waals surface area contributed by atoms with Gasteiger partial charge in [-0.05, 0) is 81.3 Å². The van der Waals surface area contributed by atoms with E-state index in [0.29, 0.717) is 12.1 Å². The van der Waals surface area contributed by atoms with Crippen molar-refractivity contribution >= 4 is 11.8 Å². The van der Waals surface area contributed by atoms with Crippen LogP contribution in [-0.4, -0.2) is 18.2 Å². The minimum absolute atomic E-state index is 0.115. The normalized spacial score (nSPS) is 20.4. The number of nitrogens with zero attached hydrogens (tertiary/aromatic N) is 1. The van der Waals surface area contributed by atoms with Gasteiger partial charge >= 0.3 is 18.4 Å². The number of benzene rings is 2. The molecule has 2 aromatic rings. The van der Waals surface area contributed by atoms with Crippen molar-refractivity contribution in [2.24, 2.45) is 5.92 Å². The third-order valence-electron chi connectivity index (χ3n) is 6.53. The molecular weight excluding hydrogens is 486 g/mol. The molecule has 0 saturated heterocycles. The van der Waals surface area contributed by atoms with Crippen molar-refractivity contribution < 1.29 is 35.9 Å². The van der Waals surface area contributed by atoms with Gasteiger partial charge in [-0.15, -0.1) is 0 Å². The molecule has 0 radical (unpaired) electrons.